The van der Waals surface area contributed by atoms with Crippen molar-refractivity contribution in [3.05, 3.63) is 69.7 Å². The Morgan fingerprint density at radius 1 is 1.29 bits per heavy atom. The molecule has 2 aliphatic rings. The molecule has 2 aromatic carbocycles. The number of carbonyl (C=O) groups is 2. The van der Waals surface area contributed by atoms with Crippen molar-refractivity contribution in [2.45, 2.75) is 33.8 Å². The summed E-state index contributed by atoms with van der Waals surface area (Å²) in [6.45, 7) is 6.73. The molecule has 5 nitrogen and oxygen atoms in total. The zero-order valence-corrected chi connectivity index (χ0v) is 19.5. The maximum atomic E-state index is 12.8. The molecule has 1 N–H and O–H groups in total. The van der Waals surface area contributed by atoms with Crippen molar-refractivity contribution >= 4 is 39.2 Å². The van der Waals surface area contributed by atoms with Crippen molar-refractivity contribution in [1.29, 1.82) is 0 Å². The summed E-state index contributed by atoms with van der Waals surface area (Å²) in [7, 11) is 0. The van der Waals surface area contributed by atoms with Gasteiger partial charge in [0, 0.05) is 22.2 Å². The van der Waals surface area contributed by atoms with E-state index < -0.39 is 0 Å². The summed E-state index contributed by atoms with van der Waals surface area (Å²) >= 11 is 3.55. The second-order valence-corrected chi connectivity index (χ2v) is 9.68. The fourth-order valence-corrected chi connectivity index (χ4v) is 4.62. The zero-order chi connectivity index (χ0) is 22.2. The number of rotatable bonds is 6. The summed E-state index contributed by atoms with van der Waals surface area (Å²) in [5.74, 6) is -0.721. The fraction of sp³-hybridized carbons (Fsp3) is 0.360. The summed E-state index contributed by atoms with van der Waals surface area (Å²) in [5, 5.41) is 3.40. The van der Waals surface area contributed by atoms with Gasteiger partial charge in [0.25, 0.3) is 0 Å². The van der Waals surface area contributed by atoms with E-state index in [-0.39, 0.29) is 35.8 Å². The standard InChI is InChI=1S/C25H26BrNO4/c1-15-10-16(12-18(11-15)27-21-7-5-4-6-20(21)26)14-31-24(29)22-19(25(22,2)3)13-17-8-9-30-23(17)28/h4-7,10-13,19,22,27H,8-9,14H2,1-3H3. The smallest absolute Gasteiger partial charge is 0.333 e. The highest BCUT2D eigenvalue weighted by molar-refractivity contribution is 9.10. The number of benzene rings is 2. The van der Waals surface area contributed by atoms with Gasteiger partial charge >= 0.3 is 11.9 Å². The molecule has 2 aromatic rings. The molecular weight excluding hydrogens is 458 g/mol. The SMILES string of the molecule is Cc1cc(COC(=O)C2C(C=C3CCOC3=O)C2(C)C)cc(Nc2ccccc2Br)c1. The van der Waals surface area contributed by atoms with E-state index in [2.05, 4.69) is 27.3 Å². The normalized spacial score (nSPS) is 22.8. The average Bonchev–Trinajstić information content (AvgIpc) is 3.01. The van der Waals surface area contributed by atoms with Gasteiger partial charge in [-0.3, -0.25) is 4.79 Å². The average molecular weight is 484 g/mol. The zero-order valence-electron chi connectivity index (χ0n) is 17.9. The number of carbonyl (C=O) groups excluding carboxylic acids is 2. The van der Waals surface area contributed by atoms with E-state index in [9.17, 15) is 9.59 Å². The molecule has 1 aliphatic heterocycles. The van der Waals surface area contributed by atoms with Gasteiger partial charge in [-0.2, -0.15) is 0 Å². The Bertz CT molecular complexity index is 1060. The van der Waals surface area contributed by atoms with Crippen LogP contribution < -0.4 is 5.32 Å². The van der Waals surface area contributed by atoms with E-state index in [1.54, 1.807) is 0 Å². The molecular formula is C25H26BrNO4. The molecule has 31 heavy (non-hydrogen) atoms. The van der Waals surface area contributed by atoms with Crippen molar-refractivity contribution in [3.63, 3.8) is 0 Å². The second kappa shape index (κ2) is 8.50. The number of hydrogen-bond acceptors (Lipinski definition) is 5. The molecule has 0 radical (unpaired) electrons. The first-order chi connectivity index (χ1) is 14.8. The minimum absolute atomic E-state index is 0.00539. The van der Waals surface area contributed by atoms with E-state index in [1.165, 1.54) is 0 Å². The van der Waals surface area contributed by atoms with Gasteiger partial charge in [-0.1, -0.05) is 38.1 Å². The Hall–Kier alpha value is -2.60. The van der Waals surface area contributed by atoms with Crippen molar-refractivity contribution in [3.8, 4) is 0 Å². The Morgan fingerprint density at radius 2 is 2.06 bits per heavy atom. The second-order valence-electron chi connectivity index (χ2n) is 8.82. The maximum absolute atomic E-state index is 12.8. The number of hydrogen-bond donors (Lipinski definition) is 1. The van der Waals surface area contributed by atoms with E-state index in [4.69, 9.17) is 9.47 Å². The number of esters is 2. The van der Waals surface area contributed by atoms with Crippen LogP contribution in [-0.2, 0) is 25.7 Å². The van der Waals surface area contributed by atoms with Crippen LogP contribution in [0.1, 0.15) is 31.4 Å². The van der Waals surface area contributed by atoms with Crippen molar-refractivity contribution in [1.82, 2.24) is 0 Å². The predicted octanol–water partition coefficient (Wildman–Crippen LogP) is 5.69. The van der Waals surface area contributed by atoms with E-state index in [1.807, 2.05) is 63.2 Å². The van der Waals surface area contributed by atoms with Gasteiger partial charge in [0.1, 0.15) is 6.61 Å². The van der Waals surface area contributed by atoms with Crippen LogP contribution in [0.2, 0.25) is 0 Å². The molecule has 162 valence electrons. The summed E-state index contributed by atoms with van der Waals surface area (Å²) in [6, 6.07) is 14.0. The molecule has 0 aromatic heterocycles. The summed E-state index contributed by atoms with van der Waals surface area (Å²) in [5.41, 5.74) is 4.37. The van der Waals surface area contributed by atoms with Crippen LogP contribution in [-0.4, -0.2) is 18.5 Å². The van der Waals surface area contributed by atoms with Crippen LogP contribution in [0.15, 0.2) is 58.6 Å². The Labute approximate surface area is 190 Å². The van der Waals surface area contributed by atoms with Crippen molar-refractivity contribution in [2.24, 2.45) is 17.3 Å². The van der Waals surface area contributed by atoms with Crippen LogP contribution >= 0.6 is 15.9 Å². The highest BCUT2D eigenvalue weighted by Gasteiger charge is 2.61. The van der Waals surface area contributed by atoms with Crippen LogP contribution in [0.25, 0.3) is 0 Å². The summed E-state index contributed by atoms with van der Waals surface area (Å²) in [6.07, 6.45) is 2.53. The lowest BCUT2D eigenvalue weighted by molar-refractivity contribution is -0.147. The number of nitrogens with one attached hydrogen (secondary N) is 1. The lowest BCUT2D eigenvalue weighted by Gasteiger charge is -2.12. The van der Waals surface area contributed by atoms with Gasteiger partial charge in [-0.25, -0.2) is 4.79 Å². The largest absolute Gasteiger partial charge is 0.462 e. The minimum Gasteiger partial charge on any atom is -0.462 e. The van der Waals surface area contributed by atoms with Crippen molar-refractivity contribution < 1.29 is 19.1 Å². The third-order valence-electron chi connectivity index (χ3n) is 6.08. The highest BCUT2D eigenvalue weighted by Crippen LogP contribution is 2.60. The van der Waals surface area contributed by atoms with Crippen molar-refractivity contribution in [2.75, 3.05) is 11.9 Å². The Kier molecular flexibility index (Phi) is 5.93. The van der Waals surface area contributed by atoms with E-state index >= 15 is 0 Å². The van der Waals surface area contributed by atoms with Crippen LogP contribution in [0.5, 0.6) is 0 Å². The third-order valence-corrected chi connectivity index (χ3v) is 6.77. The predicted molar refractivity (Wildman–Crippen MR) is 123 cm³/mol. The molecule has 1 heterocycles. The summed E-state index contributed by atoms with van der Waals surface area (Å²) in [4.78, 5) is 24.5. The van der Waals surface area contributed by atoms with Gasteiger partial charge in [-0.15, -0.1) is 0 Å². The Morgan fingerprint density at radius 3 is 2.77 bits per heavy atom. The molecule has 0 amide bonds. The van der Waals surface area contributed by atoms with E-state index in [0.29, 0.717) is 18.6 Å². The highest BCUT2D eigenvalue weighted by atomic mass is 79.9. The topological polar surface area (TPSA) is 64.6 Å². The fourth-order valence-electron chi connectivity index (χ4n) is 4.24. The molecule has 2 fully saturated rings. The molecule has 2 atom stereocenters. The van der Waals surface area contributed by atoms with Gasteiger partial charge in [0.05, 0.1) is 18.2 Å². The first-order valence-corrected chi connectivity index (χ1v) is 11.2. The number of ether oxygens (including phenoxy) is 2. The minimum atomic E-state index is -0.264. The maximum Gasteiger partial charge on any atom is 0.333 e. The number of anilines is 2. The first-order valence-electron chi connectivity index (χ1n) is 10.4. The molecule has 1 saturated carbocycles. The lowest BCUT2D eigenvalue weighted by atomic mass is 10.1. The molecule has 4 rings (SSSR count). The van der Waals surface area contributed by atoms with Gasteiger partial charge < -0.3 is 14.8 Å². The van der Waals surface area contributed by atoms with Gasteiger partial charge in [0.2, 0.25) is 0 Å². The number of allylic oxidation sites excluding steroid dienone is 1. The summed E-state index contributed by atoms with van der Waals surface area (Å²) < 4.78 is 11.7. The monoisotopic (exact) mass is 483 g/mol. The third kappa shape index (κ3) is 4.69. The number of cyclic esters (lactones) is 1. The molecule has 1 aliphatic carbocycles. The number of halogens is 1. The number of para-hydroxylation sites is 1. The Balaban J connectivity index is 1.41. The molecule has 0 spiro atoms. The van der Waals surface area contributed by atoms with Crippen LogP contribution in [0, 0.1) is 24.2 Å². The van der Waals surface area contributed by atoms with Gasteiger partial charge in [0.15, 0.2) is 0 Å². The quantitative estimate of drug-likeness (QED) is 0.422. The van der Waals surface area contributed by atoms with Crippen LogP contribution in [0.4, 0.5) is 11.4 Å². The molecule has 2 unspecified atom stereocenters. The molecule has 0 bridgehead atoms. The number of aryl methyl sites for hydroxylation is 1. The van der Waals surface area contributed by atoms with E-state index in [0.717, 1.165) is 27.0 Å². The molecule has 1 saturated heterocycles. The first kappa shape index (κ1) is 21.6. The molecule has 6 heteroatoms. The van der Waals surface area contributed by atoms with Crippen LogP contribution in [0.3, 0.4) is 0 Å². The lowest BCUT2D eigenvalue weighted by Crippen LogP contribution is -2.11. The van der Waals surface area contributed by atoms with Gasteiger partial charge in [-0.05, 0) is 69.6 Å².